The molecule has 0 spiro atoms. The van der Waals surface area contributed by atoms with Crippen molar-refractivity contribution in [2.24, 2.45) is 0 Å². The highest BCUT2D eigenvalue weighted by Crippen LogP contribution is 2.48. The summed E-state index contributed by atoms with van der Waals surface area (Å²) in [6.45, 7) is 0. The molecule has 2 nitrogen and oxygen atoms in total. The van der Waals surface area contributed by atoms with Crippen molar-refractivity contribution in [3.63, 3.8) is 0 Å². The van der Waals surface area contributed by atoms with Crippen LogP contribution in [0.4, 0.5) is 0 Å². The number of benzene rings is 6. The van der Waals surface area contributed by atoms with E-state index in [4.69, 9.17) is 9.47 Å². The van der Waals surface area contributed by atoms with E-state index in [1.54, 1.807) is 14.2 Å². The maximum Gasteiger partial charge on any atom is 0.127 e. The van der Waals surface area contributed by atoms with Gasteiger partial charge in [0.25, 0.3) is 0 Å². The zero-order valence-electron chi connectivity index (χ0n) is 22.7. The second kappa shape index (κ2) is 11.3. The molecule has 0 aliphatic rings. The molecule has 0 unspecified atom stereocenters. The molecule has 6 aromatic rings. The Bertz CT molecular complexity index is 1620. The lowest BCUT2D eigenvalue weighted by atomic mass is 9.84. The number of hydrogen-bond donors (Lipinski definition) is 0. The number of ether oxygens (including phenoxy) is 2. The van der Waals surface area contributed by atoms with Crippen molar-refractivity contribution >= 4 is 0 Å². The highest BCUT2D eigenvalue weighted by molar-refractivity contribution is 6.00. The maximum atomic E-state index is 5.96. The Kier molecular flexibility index (Phi) is 7.15. The van der Waals surface area contributed by atoms with E-state index >= 15 is 0 Å². The van der Waals surface area contributed by atoms with E-state index in [0.717, 1.165) is 67.1 Å². The highest BCUT2D eigenvalue weighted by atomic mass is 16.5. The van der Waals surface area contributed by atoms with Gasteiger partial charge in [-0.15, -0.1) is 0 Å². The zero-order valence-corrected chi connectivity index (χ0v) is 22.7. The van der Waals surface area contributed by atoms with Crippen LogP contribution in [0.25, 0.3) is 55.6 Å². The first-order chi connectivity index (χ1) is 19.8. The van der Waals surface area contributed by atoms with E-state index in [2.05, 4.69) is 121 Å². The Morgan fingerprint density at radius 2 is 0.625 bits per heavy atom. The summed E-state index contributed by atoms with van der Waals surface area (Å²) in [5, 5.41) is 0. The van der Waals surface area contributed by atoms with E-state index in [9.17, 15) is 0 Å². The fraction of sp³-hybridized carbons (Fsp3) is 0.0526. The second-order valence-electron chi connectivity index (χ2n) is 9.59. The Morgan fingerprint density at radius 3 is 1.00 bits per heavy atom. The standard InChI is InChI=1S/C38H30O2/c1-39-35-25-13-23-29(27-15-5-3-6-16-27)37(35)33-21-11-9-19-31(33)32-20-10-12-22-34(32)38-30(24-14-26-36(38)40-2)28-17-7-4-8-18-28/h3-26H,1-2H3. The van der Waals surface area contributed by atoms with Crippen LogP contribution in [0.2, 0.25) is 0 Å². The van der Waals surface area contributed by atoms with Crippen LogP contribution in [0.15, 0.2) is 146 Å². The molecule has 2 heteroatoms. The smallest absolute Gasteiger partial charge is 0.127 e. The maximum absolute atomic E-state index is 5.96. The molecule has 0 heterocycles. The van der Waals surface area contributed by atoms with Gasteiger partial charge in [-0.1, -0.05) is 133 Å². The summed E-state index contributed by atoms with van der Waals surface area (Å²) >= 11 is 0. The lowest BCUT2D eigenvalue weighted by Crippen LogP contribution is -1.96. The lowest BCUT2D eigenvalue weighted by Gasteiger charge is -2.21. The second-order valence-corrected chi connectivity index (χ2v) is 9.59. The Balaban J connectivity index is 1.63. The molecule has 0 saturated heterocycles. The minimum atomic E-state index is 0.841. The first kappa shape index (κ1) is 25.2. The van der Waals surface area contributed by atoms with E-state index in [1.165, 1.54) is 0 Å². The van der Waals surface area contributed by atoms with Crippen LogP contribution in [-0.2, 0) is 0 Å². The monoisotopic (exact) mass is 518 g/mol. The molecule has 40 heavy (non-hydrogen) atoms. The summed E-state index contributed by atoms with van der Waals surface area (Å²) in [5.41, 5.74) is 11.2. The molecule has 0 aliphatic heterocycles. The summed E-state index contributed by atoms with van der Waals surface area (Å²) in [6, 6.07) is 50.7. The van der Waals surface area contributed by atoms with Crippen molar-refractivity contribution in [1.82, 2.24) is 0 Å². The number of methoxy groups -OCH3 is 2. The summed E-state index contributed by atoms with van der Waals surface area (Å²) in [5.74, 6) is 1.68. The van der Waals surface area contributed by atoms with Crippen molar-refractivity contribution < 1.29 is 9.47 Å². The molecule has 0 N–H and O–H groups in total. The van der Waals surface area contributed by atoms with E-state index in [1.807, 2.05) is 24.3 Å². The first-order valence-corrected chi connectivity index (χ1v) is 13.4. The van der Waals surface area contributed by atoms with Gasteiger partial charge in [-0.3, -0.25) is 0 Å². The van der Waals surface area contributed by atoms with Crippen molar-refractivity contribution in [1.29, 1.82) is 0 Å². The lowest BCUT2D eigenvalue weighted by molar-refractivity contribution is 0.416. The Morgan fingerprint density at radius 1 is 0.300 bits per heavy atom. The third-order valence-corrected chi connectivity index (χ3v) is 7.34. The normalized spacial score (nSPS) is 10.8. The van der Waals surface area contributed by atoms with E-state index in [0.29, 0.717) is 0 Å². The van der Waals surface area contributed by atoms with Gasteiger partial charge < -0.3 is 9.47 Å². The van der Waals surface area contributed by atoms with Gasteiger partial charge in [0.05, 0.1) is 14.2 Å². The van der Waals surface area contributed by atoms with Crippen molar-refractivity contribution in [2.45, 2.75) is 0 Å². The molecule has 0 saturated carbocycles. The molecule has 0 aliphatic carbocycles. The van der Waals surface area contributed by atoms with Gasteiger partial charge in [-0.05, 0) is 56.6 Å². The summed E-state index contributed by atoms with van der Waals surface area (Å²) in [6.07, 6.45) is 0. The molecule has 0 fully saturated rings. The summed E-state index contributed by atoms with van der Waals surface area (Å²) in [4.78, 5) is 0. The number of rotatable bonds is 7. The fourth-order valence-electron chi connectivity index (χ4n) is 5.55. The molecular weight excluding hydrogens is 488 g/mol. The molecule has 0 atom stereocenters. The summed E-state index contributed by atoms with van der Waals surface area (Å²) < 4.78 is 11.9. The van der Waals surface area contributed by atoms with Crippen LogP contribution in [0.1, 0.15) is 0 Å². The van der Waals surface area contributed by atoms with Crippen LogP contribution in [-0.4, -0.2) is 14.2 Å². The molecule has 194 valence electrons. The van der Waals surface area contributed by atoms with E-state index in [-0.39, 0.29) is 0 Å². The molecule has 0 radical (unpaired) electrons. The van der Waals surface area contributed by atoms with Crippen LogP contribution >= 0.6 is 0 Å². The molecular formula is C38H30O2. The van der Waals surface area contributed by atoms with Crippen LogP contribution in [0.3, 0.4) is 0 Å². The Hall–Kier alpha value is -5.08. The van der Waals surface area contributed by atoms with Gasteiger partial charge in [0.1, 0.15) is 11.5 Å². The van der Waals surface area contributed by atoms with E-state index < -0.39 is 0 Å². The molecule has 6 aromatic carbocycles. The van der Waals surface area contributed by atoms with Crippen molar-refractivity contribution in [3.05, 3.63) is 146 Å². The quantitative estimate of drug-likeness (QED) is 0.209. The van der Waals surface area contributed by atoms with Gasteiger partial charge >= 0.3 is 0 Å². The molecule has 0 aromatic heterocycles. The predicted octanol–water partition coefficient (Wildman–Crippen LogP) is 10.0. The number of hydrogen-bond acceptors (Lipinski definition) is 2. The topological polar surface area (TPSA) is 18.5 Å². The van der Waals surface area contributed by atoms with Gasteiger partial charge in [0.2, 0.25) is 0 Å². The third-order valence-electron chi connectivity index (χ3n) is 7.34. The SMILES string of the molecule is COc1cccc(-c2ccccc2)c1-c1ccccc1-c1ccccc1-c1c(OC)cccc1-c1ccccc1. The summed E-state index contributed by atoms with van der Waals surface area (Å²) in [7, 11) is 3.48. The minimum absolute atomic E-state index is 0.841. The van der Waals surface area contributed by atoms with Gasteiger partial charge in [0.15, 0.2) is 0 Å². The van der Waals surface area contributed by atoms with Crippen LogP contribution < -0.4 is 9.47 Å². The average molecular weight is 519 g/mol. The Labute approximate surface area is 236 Å². The van der Waals surface area contributed by atoms with Crippen LogP contribution in [0, 0.1) is 0 Å². The van der Waals surface area contributed by atoms with Crippen molar-refractivity contribution in [2.75, 3.05) is 14.2 Å². The highest BCUT2D eigenvalue weighted by Gasteiger charge is 2.21. The zero-order chi connectivity index (χ0) is 27.3. The predicted molar refractivity (Wildman–Crippen MR) is 167 cm³/mol. The third kappa shape index (κ3) is 4.65. The van der Waals surface area contributed by atoms with Gasteiger partial charge in [-0.2, -0.15) is 0 Å². The van der Waals surface area contributed by atoms with Crippen LogP contribution in [0.5, 0.6) is 11.5 Å². The molecule has 0 amide bonds. The fourth-order valence-corrected chi connectivity index (χ4v) is 5.55. The first-order valence-electron chi connectivity index (χ1n) is 13.4. The van der Waals surface area contributed by atoms with Gasteiger partial charge in [-0.25, -0.2) is 0 Å². The average Bonchev–Trinajstić information content (AvgIpc) is 3.04. The largest absolute Gasteiger partial charge is 0.496 e. The minimum Gasteiger partial charge on any atom is -0.496 e. The van der Waals surface area contributed by atoms with Gasteiger partial charge in [0, 0.05) is 11.1 Å². The molecule has 0 bridgehead atoms. The van der Waals surface area contributed by atoms with Crippen molar-refractivity contribution in [3.8, 4) is 67.1 Å². The molecule has 6 rings (SSSR count).